The van der Waals surface area contributed by atoms with E-state index in [1.165, 1.54) is 59.2 Å². The normalized spacial score (nSPS) is 11.9. The molecular formula is C26H50N2O6. The van der Waals surface area contributed by atoms with Crippen molar-refractivity contribution in [3.63, 3.8) is 0 Å². The van der Waals surface area contributed by atoms with Gasteiger partial charge < -0.3 is 24.4 Å². The lowest BCUT2D eigenvalue weighted by molar-refractivity contribution is -0.149. The number of hydrogen-bond acceptors (Lipinski definition) is 8. The zero-order chi connectivity index (χ0) is 25.4. The molecule has 1 unspecified atom stereocenters. The smallest absolute Gasteiger partial charge is 0.307 e. The van der Waals surface area contributed by atoms with Crippen LogP contribution in [0.15, 0.2) is 0 Å². The molecule has 0 aliphatic rings. The Morgan fingerprint density at radius 1 is 0.706 bits per heavy atom. The van der Waals surface area contributed by atoms with E-state index in [1.54, 1.807) is 0 Å². The standard InChI is InChI=1S/C26H50N2O6/c1-5-6-7-8-9-10-11-12-14-23(2)34-26(31)17-22-28(21-16-25(30)33-4)20-13-18-27-19-15-24(29)32-3/h23,27H,5-22H2,1-4H3. The highest BCUT2D eigenvalue weighted by atomic mass is 16.5. The molecule has 0 radical (unpaired) electrons. The summed E-state index contributed by atoms with van der Waals surface area (Å²) in [5.74, 6) is -0.684. The molecule has 0 aliphatic carbocycles. The number of nitrogens with one attached hydrogen (secondary N) is 1. The second kappa shape index (κ2) is 23.1. The van der Waals surface area contributed by atoms with Gasteiger partial charge in [0.05, 0.1) is 39.6 Å². The topological polar surface area (TPSA) is 94.2 Å². The Hall–Kier alpha value is -1.67. The van der Waals surface area contributed by atoms with Gasteiger partial charge in [-0.15, -0.1) is 0 Å². The third-order valence-electron chi connectivity index (χ3n) is 5.85. The van der Waals surface area contributed by atoms with Gasteiger partial charge in [-0.3, -0.25) is 14.4 Å². The second-order valence-electron chi connectivity index (χ2n) is 8.91. The highest BCUT2D eigenvalue weighted by Crippen LogP contribution is 2.12. The summed E-state index contributed by atoms with van der Waals surface area (Å²) in [4.78, 5) is 37.0. The lowest BCUT2D eigenvalue weighted by Gasteiger charge is -2.22. The van der Waals surface area contributed by atoms with Crippen LogP contribution in [0.2, 0.25) is 0 Å². The molecule has 0 fully saturated rings. The van der Waals surface area contributed by atoms with Gasteiger partial charge in [-0.05, 0) is 39.3 Å². The van der Waals surface area contributed by atoms with E-state index in [4.69, 9.17) is 9.47 Å². The van der Waals surface area contributed by atoms with Gasteiger partial charge in [-0.2, -0.15) is 0 Å². The van der Waals surface area contributed by atoms with Crippen LogP contribution in [0.5, 0.6) is 0 Å². The Balaban J connectivity index is 4.09. The highest BCUT2D eigenvalue weighted by Gasteiger charge is 2.14. The third-order valence-corrected chi connectivity index (χ3v) is 5.85. The second-order valence-corrected chi connectivity index (χ2v) is 8.91. The van der Waals surface area contributed by atoms with Crippen LogP contribution in [-0.4, -0.2) is 75.9 Å². The number of carbonyl (C=O) groups excluding carboxylic acids is 3. The first-order chi connectivity index (χ1) is 16.4. The number of unbranched alkanes of at least 4 members (excludes halogenated alkanes) is 7. The van der Waals surface area contributed by atoms with Crippen molar-refractivity contribution in [3.8, 4) is 0 Å². The summed E-state index contributed by atoms with van der Waals surface area (Å²) in [5, 5.41) is 3.20. The van der Waals surface area contributed by atoms with E-state index in [0.29, 0.717) is 32.5 Å². The van der Waals surface area contributed by atoms with E-state index in [-0.39, 0.29) is 30.4 Å². The monoisotopic (exact) mass is 486 g/mol. The Bertz CT molecular complexity index is 529. The number of hydrogen-bond donors (Lipinski definition) is 1. The number of methoxy groups -OCH3 is 2. The summed E-state index contributed by atoms with van der Waals surface area (Å²) in [6, 6.07) is 0. The van der Waals surface area contributed by atoms with Crippen molar-refractivity contribution in [2.24, 2.45) is 0 Å². The molecule has 200 valence electrons. The maximum Gasteiger partial charge on any atom is 0.307 e. The first kappa shape index (κ1) is 32.3. The molecule has 0 aromatic rings. The predicted octanol–water partition coefficient (Wildman–Crippen LogP) is 4.25. The average molecular weight is 487 g/mol. The molecule has 34 heavy (non-hydrogen) atoms. The molecule has 1 N–H and O–H groups in total. The van der Waals surface area contributed by atoms with Crippen LogP contribution in [0.3, 0.4) is 0 Å². The van der Waals surface area contributed by atoms with Crippen LogP contribution in [0, 0.1) is 0 Å². The lowest BCUT2D eigenvalue weighted by atomic mass is 10.1. The molecule has 0 aliphatic heterocycles. The van der Waals surface area contributed by atoms with Crippen molar-refractivity contribution in [3.05, 3.63) is 0 Å². The van der Waals surface area contributed by atoms with Gasteiger partial charge in [0.15, 0.2) is 0 Å². The van der Waals surface area contributed by atoms with Crippen LogP contribution in [0.25, 0.3) is 0 Å². The SMILES string of the molecule is CCCCCCCCCCC(C)OC(=O)CCN(CCCNCCC(=O)OC)CCC(=O)OC. The zero-order valence-corrected chi connectivity index (χ0v) is 22.2. The molecule has 0 saturated heterocycles. The minimum absolute atomic E-state index is 0.0601. The molecule has 0 saturated carbocycles. The molecule has 0 amide bonds. The van der Waals surface area contributed by atoms with Gasteiger partial charge in [-0.25, -0.2) is 0 Å². The summed E-state index contributed by atoms with van der Waals surface area (Å²) in [6.45, 7) is 7.33. The third kappa shape index (κ3) is 20.9. The van der Waals surface area contributed by atoms with Crippen molar-refractivity contribution in [2.75, 3.05) is 46.9 Å². The zero-order valence-electron chi connectivity index (χ0n) is 22.2. The van der Waals surface area contributed by atoms with E-state index in [2.05, 4.69) is 21.9 Å². The van der Waals surface area contributed by atoms with Crippen LogP contribution >= 0.6 is 0 Å². The van der Waals surface area contributed by atoms with Crippen molar-refractivity contribution in [1.29, 1.82) is 0 Å². The van der Waals surface area contributed by atoms with Gasteiger partial charge in [-0.1, -0.05) is 51.9 Å². The lowest BCUT2D eigenvalue weighted by Crippen LogP contribution is -2.32. The summed E-state index contributed by atoms with van der Waals surface area (Å²) in [5.41, 5.74) is 0. The molecule has 0 rings (SSSR count). The Morgan fingerprint density at radius 3 is 1.88 bits per heavy atom. The number of ether oxygens (including phenoxy) is 3. The van der Waals surface area contributed by atoms with Gasteiger partial charge in [0.2, 0.25) is 0 Å². The fourth-order valence-electron chi connectivity index (χ4n) is 3.69. The van der Waals surface area contributed by atoms with Gasteiger partial charge >= 0.3 is 17.9 Å². The fraction of sp³-hybridized carbons (Fsp3) is 0.885. The highest BCUT2D eigenvalue weighted by molar-refractivity contribution is 5.70. The first-order valence-corrected chi connectivity index (χ1v) is 13.2. The van der Waals surface area contributed by atoms with Crippen LogP contribution < -0.4 is 5.32 Å². The average Bonchev–Trinajstić information content (AvgIpc) is 2.83. The quantitative estimate of drug-likeness (QED) is 0.130. The van der Waals surface area contributed by atoms with E-state index < -0.39 is 0 Å². The number of carbonyl (C=O) groups is 3. The Morgan fingerprint density at radius 2 is 1.26 bits per heavy atom. The fourth-order valence-corrected chi connectivity index (χ4v) is 3.69. The number of esters is 3. The summed E-state index contributed by atoms with van der Waals surface area (Å²) in [7, 11) is 2.76. The molecule has 0 aromatic carbocycles. The van der Waals surface area contributed by atoms with Crippen LogP contribution in [-0.2, 0) is 28.6 Å². The first-order valence-electron chi connectivity index (χ1n) is 13.2. The van der Waals surface area contributed by atoms with Gasteiger partial charge in [0.25, 0.3) is 0 Å². The van der Waals surface area contributed by atoms with Crippen molar-refractivity contribution in [2.45, 2.75) is 103 Å². The van der Waals surface area contributed by atoms with E-state index >= 15 is 0 Å². The number of rotatable bonds is 23. The maximum atomic E-state index is 12.3. The minimum Gasteiger partial charge on any atom is -0.469 e. The van der Waals surface area contributed by atoms with Crippen molar-refractivity contribution in [1.82, 2.24) is 10.2 Å². The van der Waals surface area contributed by atoms with Crippen LogP contribution in [0.1, 0.15) is 97.3 Å². The van der Waals surface area contributed by atoms with Gasteiger partial charge in [0.1, 0.15) is 0 Å². The maximum absolute atomic E-state index is 12.3. The molecular weight excluding hydrogens is 436 g/mol. The summed E-state index contributed by atoms with van der Waals surface area (Å²) < 4.78 is 14.9. The Kier molecular flexibility index (Phi) is 22.0. The van der Waals surface area contributed by atoms with Crippen molar-refractivity contribution < 1.29 is 28.6 Å². The molecule has 0 aromatic heterocycles. The molecule has 0 bridgehead atoms. The summed E-state index contributed by atoms with van der Waals surface area (Å²) >= 11 is 0. The largest absolute Gasteiger partial charge is 0.469 e. The number of nitrogens with zero attached hydrogens (tertiary/aromatic N) is 1. The minimum atomic E-state index is -0.261. The van der Waals surface area contributed by atoms with E-state index in [0.717, 1.165) is 32.4 Å². The molecule has 0 spiro atoms. The van der Waals surface area contributed by atoms with E-state index in [9.17, 15) is 14.4 Å². The van der Waals surface area contributed by atoms with Gasteiger partial charge in [0, 0.05) is 19.6 Å². The molecule has 8 nitrogen and oxygen atoms in total. The van der Waals surface area contributed by atoms with Crippen molar-refractivity contribution >= 4 is 17.9 Å². The molecule has 0 heterocycles. The van der Waals surface area contributed by atoms with E-state index in [1.807, 2.05) is 6.92 Å². The predicted molar refractivity (Wildman–Crippen MR) is 135 cm³/mol. The summed E-state index contributed by atoms with van der Waals surface area (Å²) in [6.07, 6.45) is 12.8. The van der Waals surface area contributed by atoms with Crippen LogP contribution in [0.4, 0.5) is 0 Å². The Labute approximate surface area is 207 Å². The molecule has 1 atom stereocenters. The molecule has 8 heteroatoms.